The van der Waals surface area contributed by atoms with E-state index in [9.17, 15) is 4.39 Å². The number of aryl methyl sites for hydroxylation is 1. The zero-order chi connectivity index (χ0) is 15.0. The number of methoxy groups -OCH3 is 1. The molecule has 0 spiro atoms. The van der Waals surface area contributed by atoms with Gasteiger partial charge in [-0.15, -0.1) is 10.2 Å². The van der Waals surface area contributed by atoms with E-state index in [4.69, 9.17) is 16.3 Å². The van der Waals surface area contributed by atoms with Gasteiger partial charge in [0.05, 0.1) is 7.11 Å². The largest absolute Gasteiger partial charge is 0.496 e. The summed E-state index contributed by atoms with van der Waals surface area (Å²) in [4.78, 5) is 0. The van der Waals surface area contributed by atoms with Gasteiger partial charge < -0.3 is 4.74 Å². The van der Waals surface area contributed by atoms with Gasteiger partial charge in [0.2, 0.25) is 0 Å². The summed E-state index contributed by atoms with van der Waals surface area (Å²) in [5.74, 6) is 0.330. The molecule has 106 valence electrons. The maximum Gasteiger partial charge on any atom is 0.159 e. The van der Waals surface area contributed by atoms with Gasteiger partial charge >= 0.3 is 0 Å². The van der Waals surface area contributed by atoms with Crippen molar-refractivity contribution in [2.45, 2.75) is 6.92 Å². The van der Waals surface area contributed by atoms with E-state index in [2.05, 4.69) is 10.2 Å². The van der Waals surface area contributed by atoms with Crippen molar-refractivity contribution in [3.63, 3.8) is 0 Å². The van der Waals surface area contributed by atoms with E-state index in [-0.39, 0.29) is 11.0 Å². The van der Waals surface area contributed by atoms with E-state index in [0.29, 0.717) is 16.8 Å². The highest BCUT2D eigenvalue weighted by molar-refractivity contribution is 6.34. The van der Waals surface area contributed by atoms with Gasteiger partial charge in [0, 0.05) is 16.3 Å². The fourth-order valence-electron chi connectivity index (χ4n) is 2.29. The van der Waals surface area contributed by atoms with Crippen LogP contribution in [0, 0.1) is 12.7 Å². The van der Waals surface area contributed by atoms with Crippen molar-refractivity contribution >= 4 is 22.4 Å². The molecule has 3 aromatic rings. The number of hydrogen-bond donors (Lipinski definition) is 0. The molecule has 0 radical (unpaired) electrons. The highest BCUT2D eigenvalue weighted by Crippen LogP contribution is 2.35. The first-order valence-corrected chi connectivity index (χ1v) is 6.74. The van der Waals surface area contributed by atoms with Gasteiger partial charge in [0.15, 0.2) is 5.15 Å². The highest BCUT2D eigenvalue weighted by atomic mass is 35.5. The highest BCUT2D eigenvalue weighted by Gasteiger charge is 2.14. The maximum atomic E-state index is 13.4. The first-order chi connectivity index (χ1) is 10.1. The lowest BCUT2D eigenvalue weighted by Gasteiger charge is -2.11. The van der Waals surface area contributed by atoms with Gasteiger partial charge in [0.25, 0.3) is 0 Å². The number of hydrogen-bond acceptors (Lipinski definition) is 3. The summed E-state index contributed by atoms with van der Waals surface area (Å²) in [5, 5.41) is 9.52. The fraction of sp³-hybridized carbons (Fsp3) is 0.125. The Morgan fingerprint density at radius 3 is 2.62 bits per heavy atom. The van der Waals surface area contributed by atoms with Crippen LogP contribution >= 0.6 is 11.6 Å². The fourth-order valence-corrected chi connectivity index (χ4v) is 2.48. The van der Waals surface area contributed by atoms with Crippen LogP contribution < -0.4 is 4.74 Å². The van der Waals surface area contributed by atoms with Crippen LogP contribution in [0.1, 0.15) is 5.56 Å². The Bertz CT molecular complexity index is 836. The van der Waals surface area contributed by atoms with Gasteiger partial charge in [-0.3, -0.25) is 0 Å². The van der Waals surface area contributed by atoms with Gasteiger partial charge in [-0.1, -0.05) is 17.7 Å². The Morgan fingerprint density at radius 2 is 1.86 bits per heavy atom. The number of aromatic nitrogens is 2. The summed E-state index contributed by atoms with van der Waals surface area (Å²) in [6.07, 6.45) is 0. The maximum absolute atomic E-state index is 13.4. The summed E-state index contributed by atoms with van der Waals surface area (Å²) >= 11 is 6.02. The summed E-state index contributed by atoms with van der Waals surface area (Å²) in [5.41, 5.74) is 2.49. The van der Waals surface area contributed by atoms with Crippen molar-refractivity contribution in [1.29, 1.82) is 0 Å². The number of halogens is 2. The predicted molar refractivity (Wildman–Crippen MR) is 81.2 cm³/mol. The van der Waals surface area contributed by atoms with E-state index in [1.807, 2.05) is 25.1 Å². The molecule has 0 aliphatic carbocycles. The molecule has 0 fully saturated rings. The molecule has 5 heteroatoms. The molecule has 0 atom stereocenters. The van der Waals surface area contributed by atoms with Crippen LogP contribution in [0.2, 0.25) is 5.15 Å². The third kappa shape index (κ3) is 2.43. The second-order valence-electron chi connectivity index (χ2n) is 4.73. The van der Waals surface area contributed by atoms with Crippen LogP contribution in [0.5, 0.6) is 5.75 Å². The topological polar surface area (TPSA) is 35.0 Å². The first-order valence-electron chi connectivity index (χ1n) is 6.36. The molecule has 3 rings (SSSR count). The quantitative estimate of drug-likeness (QED) is 0.703. The zero-order valence-electron chi connectivity index (χ0n) is 11.5. The van der Waals surface area contributed by atoms with Crippen molar-refractivity contribution in [3.8, 4) is 17.0 Å². The molecule has 3 nitrogen and oxygen atoms in total. The summed E-state index contributed by atoms with van der Waals surface area (Å²) < 4.78 is 18.8. The third-order valence-corrected chi connectivity index (χ3v) is 3.59. The van der Waals surface area contributed by atoms with Gasteiger partial charge in [0.1, 0.15) is 17.3 Å². The number of ether oxygens (including phenoxy) is 1. The van der Waals surface area contributed by atoms with Crippen molar-refractivity contribution in [2.75, 3.05) is 7.11 Å². The molecule has 0 unspecified atom stereocenters. The van der Waals surface area contributed by atoms with E-state index in [1.165, 1.54) is 12.1 Å². The van der Waals surface area contributed by atoms with E-state index in [0.717, 1.165) is 16.5 Å². The molecule has 0 bridgehead atoms. The van der Waals surface area contributed by atoms with Crippen LogP contribution in [0.3, 0.4) is 0 Å². The average Bonchev–Trinajstić information content (AvgIpc) is 2.48. The number of rotatable bonds is 2. The van der Waals surface area contributed by atoms with Crippen LogP contribution in [0.15, 0.2) is 36.4 Å². The van der Waals surface area contributed by atoms with Crippen molar-refractivity contribution in [1.82, 2.24) is 10.2 Å². The van der Waals surface area contributed by atoms with Gasteiger partial charge in [-0.25, -0.2) is 4.39 Å². The lowest BCUT2D eigenvalue weighted by molar-refractivity contribution is 0.416. The second kappa shape index (κ2) is 5.30. The van der Waals surface area contributed by atoms with Crippen molar-refractivity contribution in [2.24, 2.45) is 0 Å². The molecule has 0 aliphatic heterocycles. The Balaban J connectivity index is 2.33. The Kier molecular flexibility index (Phi) is 3.47. The third-order valence-electron chi connectivity index (χ3n) is 3.31. The zero-order valence-corrected chi connectivity index (χ0v) is 12.3. The lowest BCUT2D eigenvalue weighted by atomic mass is 10.0. The van der Waals surface area contributed by atoms with Crippen LogP contribution in [-0.2, 0) is 0 Å². The predicted octanol–water partition coefficient (Wildman–Crippen LogP) is 4.41. The molecule has 0 aliphatic rings. The van der Waals surface area contributed by atoms with Gasteiger partial charge in [-0.05, 0) is 42.8 Å². The molecule has 0 saturated carbocycles. The van der Waals surface area contributed by atoms with E-state index < -0.39 is 0 Å². The standard InChI is InChI=1S/C16H12ClFN2O/c1-9-3-5-12(14(7-9)21-2)15-11-6-4-10(18)8-13(11)16(17)20-19-15/h3-8H,1-2H3. The Labute approximate surface area is 126 Å². The van der Waals surface area contributed by atoms with Crippen LogP contribution in [-0.4, -0.2) is 17.3 Å². The molecule has 2 aromatic carbocycles. The normalized spacial score (nSPS) is 10.9. The Hall–Kier alpha value is -2.20. The lowest BCUT2D eigenvalue weighted by Crippen LogP contribution is -1.95. The monoisotopic (exact) mass is 302 g/mol. The molecule has 21 heavy (non-hydrogen) atoms. The van der Waals surface area contributed by atoms with Crippen molar-refractivity contribution in [3.05, 3.63) is 52.9 Å². The minimum Gasteiger partial charge on any atom is -0.496 e. The molecular formula is C16H12ClFN2O. The number of nitrogens with zero attached hydrogens (tertiary/aromatic N) is 2. The average molecular weight is 303 g/mol. The van der Waals surface area contributed by atoms with Crippen molar-refractivity contribution < 1.29 is 9.13 Å². The minimum absolute atomic E-state index is 0.180. The number of fused-ring (bicyclic) bond motifs is 1. The van der Waals surface area contributed by atoms with Crippen LogP contribution in [0.4, 0.5) is 4.39 Å². The van der Waals surface area contributed by atoms with Crippen LogP contribution in [0.25, 0.3) is 22.0 Å². The molecular weight excluding hydrogens is 291 g/mol. The van der Waals surface area contributed by atoms with E-state index >= 15 is 0 Å². The molecule has 0 N–H and O–H groups in total. The first kappa shape index (κ1) is 13.8. The number of benzene rings is 2. The summed E-state index contributed by atoms with van der Waals surface area (Å²) in [6, 6.07) is 10.2. The van der Waals surface area contributed by atoms with Gasteiger partial charge in [-0.2, -0.15) is 0 Å². The minimum atomic E-state index is -0.362. The molecule has 0 amide bonds. The molecule has 0 saturated heterocycles. The van der Waals surface area contributed by atoms with E-state index in [1.54, 1.807) is 13.2 Å². The smallest absolute Gasteiger partial charge is 0.159 e. The molecule has 1 aromatic heterocycles. The Morgan fingerprint density at radius 1 is 1.05 bits per heavy atom. The molecule has 1 heterocycles. The second-order valence-corrected chi connectivity index (χ2v) is 5.09. The summed E-state index contributed by atoms with van der Waals surface area (Å²) in [7, 11) is 1.60. The SMILES string of the molecule is COc1cc(C)ccc1-c1nnc(Cl)c2cc(F)ccc12. The summed E-state index contributed by atoms with van der Waals surface area (Å²) in [6.45, 7) is 1.98.